The van der Waals surface area contributed by atoms with Crippen LogP contribution in [0.1, 0.15) is 18.9 Å². The van der Waals surface area contributed by atoms with Gasteiger partial charge in [0.1, 0.15) is 5.82 Å². The summed E-state index contributed by atoms with van der Waals surface area (Å²) in [5.41, 5.74) is 6.79. The zero-order chi connectivity index (χ0) is 13.7. The number of nitrogens with two attached hydrogens (primary N) is 1. The standard InChI is InChI=1S/C14H16FN3S/c1-2-11(16)8-10-4-5-13(12(15)9-10)19-14-17-6-3-7-18-14/h3-7,9,11H,2,8,16H2,1H3. The molecule has 2 N–H and O–H groups in total. The van der Waals surface area contributed by atoms with Gasteiger partial charge in [-0.15, -0.1) is 0 Å². The van der Waals surface area contributed by atoms with Crippen molar-refractivity contribution in [3.05, 3.63) is 48.0 Å². The van der Waals surface area contributed by atoms with Crippen molar-refractivity contribution in [1.29, 1.82) is 0 Å². The summed E-state index contributed by atoms with van der Waals surface area (Å²) < 4.78 is 14.0. The SMILES string of the molecule is CCC(N)Cc1ccc(Sc2ncccn2)c(F)c1. The third-order valence-electron chi connectivity index (χ3n) is 2.76. The van der Waals surface area contributed by atoms with Gasteiger partial charge in [-0.3, -0.25) is 0 Å². The first-order valence-corrected chi connectivity index (χ1v) is 6.99. The molecule has 0 saturated heterocycles. The molecule has 1 aromatic heterocycles. The van der Waals surface area contributed by atoms with Crippen LogP contribution in [0.2, 0.25) is 0 Å². The highest BCUT2D eigenvalue weighted by Gasteiger charge is 2.08. The van der Waals surface area contributed by atoms with Crippen LogP contribution < -0.4 is 5.73 Å². The first kappa shape index (κ1) is 14.0. The topological polar surface area (TPSA) is 51.8 Å². The third kappa shape index (κ3) is 4.01. The van der Waals surface area contributed by atoms with Crippen LogP contribution >= 0.6 is 11.8 Å². The van der Waals surface area contributed by atoms with E-state index in [2.05, 4.69) is 9.97 Å². The van der Waals surface area contributed by atoms with Crippen LogP contribution in [0.15, 0.2) is 46.7 Å². The summed E-state index contributed by atoms with van der Waals surface area (Å²) >= 11 is 1.22. The van der Waals surface area contributed by atoms with Gasteiger partial charge in [0.2, 0.25) is 0 Å². The maximum atomic E-state index is 14.0. The first-order valence-electron chi connectivity index (χ1n) is 6.18. The van der Waals surface area contributed by atoms with Crippen molar-refractivity contribution in [3.63, 3.8) is 0 Å². The van der Waals surface area contributed by atoms with Gasteiger partial charge in [-0.2, -0.15) is 0 Å². The largest absolute Gasteiger partial charge is 0.327 e. The molecular weight excluding hydrogens is 261 g/mol. The summed E-state index contributed by atoms with van der Waals surface area (Å²) in [6.07, 6.45) is 4.86. The highest BCUT2D eigenvalue weighted by Crippen LogP contribution is 2.27. The maximum Gasteiger partial charge on any atom is 0.192 e. The van der Waals surface area contributed by atoms with E-state index in [1.165, 1.54) is 11.8 Å². The van der Waals surface area contributed by atoms with Crippen LogP contribution in [0.4, 0.5) is 4.39 Å². The molecular formula is C14H16FN3S. The highest BCUT2D eigenvalue weighted by atomic mass is 32.2. The van der Waals surface area contributed by atoms with Gasteiger partial charge in [-0.05, 0) is 48.4 Å². The predicted octanol–water partition coefficient (Wildman–Crippen LogP) is 3.05. The Morgan fingerprint density at radius 3 is 2.68 bits per heavy atom. The van der Waals surface area contributed by atoms with E-state index in [-0.39, 0.29) is 11.9 Å². The number of aromatic nitrogens is 2. The molecule has 1 aromatic carbocycles. The van der Waals surface area contributed by atoms with Crippen molar-refractivity contribution in [3.8, 4) is 0 Å². The van der Waals surface area contributed by atoms with E-state index in [9.17, 15) is 4.39 Å². The van der Waals surface area contributed by atoms with E-state index < -0.39 is 0 Å². The quantitative estimate of drug-likeness (QED) is 0.853. The fourth-order valence-corrected chi connectivity index (χ4v) is 2.35. The van der Waals surface area contributed by atoms with E-state index >= 15 is 0 Å². The Labute approximate surface area is 116 Å². The van der Waals surface area contributed by atoms with Crippen LogP contribution in [0.25, 0.3) is 0 Å². The van der Waals surface area contributed by atoms with Crippen molar-refractivity contribution in [2.75, 3.05) is 0 Å². The van der Waals surface area contributed by atoms with Gasteiger partial charge in [0.15, 0.2) is 5.16 Å². The number of halogens is 1. The number of benzene rings is 1. The number of hydrogen-bond acceptors (Lipinski definition) is 4. The molecule has 0 saturated carbocycles. The molecule has 5 heteroatoms. The van der Waals surface area contributed by atoms with Crippen LogP contribution in [0.3, 0.4) is 0 Å². The predicted molar refractivity (Wildman–Crippen MR) is 74.5 cm³/mol. The summed E-state index contributed by atoms with van der Waals surface area (Å²) in [4.78, 5) is 8.66. The molecule has 0 aliphatic carbocycles. The van der Waals surface area contributed by atoms with E-state index in [1.54, 1.807) is 30.6 Å². The maximum absolute atomic E-state index is 14.0. The van der Waals surface area contributed by atoms with Crippen molar-refractivity contribution in [2.45, 2.75) is 35.9 Å². The zero-order valence-electron chi connectivity index (χ0n) is 10.7. The summed E-state index contributed by atoms with van der Waals surface area (Å²) in [7, 11) is 0. The van der Waals surface area contributed by atoms with Crippen molar-refractivity contribution in [1.82, 2.24) is 9.97 Å². The lowest BCUT2D eigenvalue weighted by atomic mass is 10.0. The molecule has 19 heavy (non-hydrogen) atoms. The first-order chi connectivity index (χ1) is 9.19. The van der Waals surface area contributed by atoms with Crippen LogP contribution in [0, 0.1) is 5.82 Å². The Bertz CT molecular complexity index is 533. The van der Waals surface area contributed by atoms with E-state index in [4.69, 9.17) is 5.73 Å². The minimum Gasteiger partial charge on any atom is -0.327 e. The van der Waals surface area contributed by atoms with E-state index in [0.29, 0.717) is 16.5 Å². The molecule has 1 unspecified atom stereocenters. The van der Waals surface area contributed by atoms with E-state index in [0.717, 1.165) is 12.0 Å². The minimum atomic E-state index is -0.252. The Hall–Kier alpha value is -1.46. The Morgan fingerprint density at radius 1 is 1.32 bits per heavy atom. The molecule has 0 amide bonds. The molecule has 0 spiro atoms. The van der Waals surface area contributed by atoms with Gasteiger partial charge in [0.25, 0.3) is 0 Å². The monoisotopic (exact) mass is 277 g/mol. The molecule has 0 fully saturated rings. The fourth-order valence-electron chi connectivity index (χ4n) is 1.64. The Kier molecular flexibility index (Phi) is 4.87. The molecule has 2 aromatic rings. The molecule has 0 aliphatic rings. The highest BCUT2D eigenvalue weighted by molar-refractivity contribution is 7.99. The second-order valence-corrected chi connectivity index (χ2v) is 5.28. The van der Waals surface area contributed by atoms with Gasteiger partial charge >= 0.3 is 0 Å². The second-order valence-electron chi connectivity index (χ2n) is 4.27. The van der Waals surface area contributed by atoms with Crippen LogP contribution in [-0.2, 0) is 6.42 Å². The average molecular weight is 277 g/mol. The van der Waals surface area contributed by atoms with Gasteiger partial charge in [0, 0.05) is 18.4 Å². The summed E-state index contributed by atoms with van der Waals surface area (Å²) in [5, 5.41) is 0.541. The lowest BCUT2D eigenvalue weighted by Gasteiger charge is -2.09. The van der Waals surface area contributed by atoms with Crippen molar-refractivity contribution < 1.29 is 4.39 Å². The molecule has 0 bridgehead atoms. The van der Waals surface area contributed by atoms with Crippen molar-refractivity contribution >= 4 is 11.8 Å². The molecule has 3 nitrogen and oxygen atoms in total. The van der Waals surface area contributed by atoms with Gasteiger partial charge < -0.3 is 5.73 Å². The normalized spacial score (nSPS) is 12.4. The molecule has 0 radical (unpaired) electrons. The lowest BCUT2D eigenvalue weighted by Crippen LogP contribution is -2.21. The second kappa shape index (κ2) is 6.63. The minimum absolute atomic E-state index is 0.0790. The average Bonchev–Trinajstić information content (AvgIpc) is 2.43. The molecule has 2 rings (SSSR count). The molecule has 1 heterocycles. The van der Waals surface area contributed by atoms with E-state index in [1.807, 2.05) is 13.0 Å². The molecule has 0 aliphatic heterocycles. The molecule has 1 atom stereocenters. The number of rotatable bonds is 5. The Morgan fingerprint density at radius 2 is 2.05 bits per heavy atom. The zero-order valence-corrected chi connectivity index (χ0v) is 11.5. The smallest absolute Gasteiger partial charge is 0.192 e. The molecule has 100 valence electrons. The van der Waals surface area contributed by atoms with Crippen molar-refractivity contribution in [2.24, 2.45) is 5.73 Å². The van der Waals surface area contributed by atoms with Gasteiger partial charge in [0.05, 0.1) is 4.90 Å². The van der Waals surface area contributed by atoms with Crippen LogP contribution in [0.5, 0.6) is 0 Å². The third-order valence-corrected chi connectivity index (χ3v) is 3.71. The van der Waals surface area contributed by atoms with Crippen LogP contribution in [-0.4, -0.2) is 16.0 Å². The number of hydrogen-bond donors (Lipinski definition) is 1. The number of nitrogens with zero attached hydrogens (tertiary/aromatic N) is 2. The van der Waals surface area contributed by atoms with Gasteiger partial charge in [-0.1, -0.05) is 13.0 Å². The summed E-state index contributed by atoms with van der Waals surface area (Å²) in [6, 6.07) is 7.02. The summed E-state index contributed by atoms with van der Waals surface area (Å²) in [5.74, 6) is -0.252. The fraction of sp³-hybridized carbons (Fsp3) is 0.286. The van der Waals surface area contributed by atoms with Gasteiger partial charge in [-0.25, -0.2) is 14.4 Å². The lowest BCUT2D eigenvalue weighted by molar-refractivity contribution is 0.592. The Balaban J connectivity index is 2.11. The summed E-state index contributed by atoms with van der Waals surface area (Å²) in [6.45, 7) is 2.03.